The van der Waals surface area contributed by atoms with Gasteiger partial charge in [-0.15, -0.1) is 0 Å². The molecule has 3 nitrogen and oxygen atoms in total. The van der Waals surface area contributed by atoms with Crippen molar-refractivity contribution >= 4 is 21.8 Å². The summed E-state index contributed by atoms with van der Waals surface area (Å²) >= 11 is 3.45. The lowest BCUT2D eigenvalue weighted by Crippen LogP contribution is -2.49. The van der Waals surface area contributed by atoms with Crippen LogP contribution < -0.4 is 0 Å². The zero-order valence-electron chi connectivity index (χ0n) is 12.2. The highest BCUT2D eigenvalue weighted by atomic mass is 79.9. The van der Waals surface area contributed by atoms with E-state index in [-0.39, 0.29) is 17.9 Å². The molecule has 0 aromatic heterocycles. The van der Waals surface area contributed by atoms with Crippen molar-refractivity contribution in [2.24, 2.45) is 0 Å². The Labute approximate surface area is 134 Å². The number of rotatable bonds is 6. The van der Waals surface area contributed by atoms with E-state index < -0.39 is 0 Å². The maximum atomic E-state index is 13.1. The first-order chi connectivity index (χ1) is 10.2. The van der Waals surface area contributed by atoms with Gasteiger partial charge in [-0.3, -0.25) is 4.79 Å². The number of hydrogen-bond donors (Lipinski definition) is 1. The second-order valence-corrected chi connectivity index (χ2v) is 7.17. The third-order valence-electron chi connectivity index (χ3n) is 4.89. The van der Waals surface area contributed by atoms with Gasteiger partial charge in [0, 0.05) is 23.7 Å². The molecule has 0 aliphatic heterocycles. The molecule has 2 fully saturated rings. The number of amides is 1. The van der Waals surface area contributed by atoms with E-state index in [1.807, 2.05) is 12.1 Å². The first-order valence-corrected chi connectivity index (χ1v) is 8.65. The summed E-state index contributed by atoms with van der Waals surface area (Å²) in [5, 5.41) is 9.09. The fraction of sp³-hybridized carbons (Fsp3) is 0.588. The number of benzene rings is 1. The van der Waals surface area contributed by atoms with Crippen molar-refractivity contribution in [2.45, 2.75) is 50.0 Å². The van der Waals surface area contributed by atoms with Crippen molar-refractivity contribution in [3.63, 3.8) is 0 Å². The Hall–Kier alpha value is -0.870. The van der Waals surface area contributed by atoms with Gasteiger partial charge in [0.25, 0.3) is 0 Å². The Bertz CT molecular complexity index is 506. The van der Waals surface area contributed by atoms with Crippen molar-refractivity contribution in [2.75, 3.05) is 13.2 Å². The maximum Gasteiger partial charge on any atom is 0.233 e. The van der Waals surface area contributed by atoms with Gasteiger partial charge < -0.3 is 10.0 Å². The smallest absolute Gasteiger partial charge is 0.233 e. The molecular weight excluding hydrogens is 330 g/mol. The third-order valence-corrected chi connectivity index (χ3v) is 5.42. The lowest BCUT2D eigenvalue weighted by atomic mass is 9.88. The van der Waals surface area contributed by atoms with Crippen LogP contribution in [-0.4, -0.2) is 35.1 Å². The van der Waals surface area contributed by atoms with E-state index in [0.717, 1.165) is 35.7 Å². The molecule has 1 amide bonds. The van der Waals surface area contributed by atoms with E-state index in [1.54, 1.807) is 0 Å². The molecule has 0 bridgehead atoms. The zero-order chi connectivity index (χ0) is 14.9. The van der Waals surface area contributed by atoms with Crippen LogP contribution >= 0.6 is 15.9 Å². The number of hydrogen-bond acceptors (Lipinski definition) is 2. The van der Waals surface area contributed by atoms with Crippen LogP contribution in [0, 0.1) is 0 Å². The van der Waals surface area contributed by atoms with E-state index in [9.17, 15) is 4.79 Å². The van der Waals surface area contributed by atoms with Crippen LogP contribution in [-0.2, 0) is 10.2 Å². The Morgan fingerprint density at radius 1 is 1.29 bits per heavy atom. The number of aliphatic hydroxyl groups excluding tert-OH is 1. The Morgan fingerprint density at radius 3 is 2.43 bits per heavy atom. The average molecular weight is 352 g/mol. The topological polar surface area (TPSA) is 40.5 Å². The van der Waals surface area contributed by atoms with Crippen LogP contribution in [0.3, 0.4) is 0 Å². The molecule has 3 rings (SSSR count). The van der Waals surface area contributed by atoms with E-state index in [1.165, 1.54) is 6.42 Å². The fourth-order valence-electron chi connectivity index (χ4n) is 3.18. The standard InChI is InChI=1S/C17H22BrNO2/c18-14-7-5-13(6-8-14)17(9-10-17)16(21)19(11-2-12-20)15-3-1-4-15/h5-8,15,20H,1-4,9-12H2. The summed E-state index contributed by atoms with van der Waals surface area (Å²) in [7, 11) is 0. The van der Waals surface area contributed by atoms with Gasteiger partial charge >= 0.3 is 0 Å². The van der Waals surface area contributed by atoms with E-state index in [2.05, 4.69) is 33.0 Å². The quantitative estimate of drug-likeness (QED) is 0.854. The van der Waals surface area contributed by atoms with E-state index in [0.29, 0.717) is 19.0 Å². The van der Waals surface area contributed by atoms with Gasteiger partial charge in [-0.1, -0.05) is 28.1 Å². The van der Waals surface area contributed by atoms with Gasteiger partial charge in [0.05, 0.1) is 5.41 Å². The van der Waals surface area contributed by atoms with E-state index in [4.69, 9.17) is 5.11 Å². The average Bonchev–Trinajstić information content (AvgIpc) is 3.23. The van der Waals surface area contributed by atoms with Crippen molar-refractivity contribution in [3.05, 3.63) is 34.3 Å². The number of carbonyl (C=O) groups is 1. The highest BCUT2D eigenvalue weighted by Gasteiger charge is 2.54. The van der Waals surface area contributed by atoms with Crippen LogP contribution in [0.5, 0.6) is 0 Å². The second-order valence-electron chi connectivity index (χ2n) is 6.25. The zero-order valence-corrected chi connectivity index (χ0v) is 13.8. The predicted octanol–water partition coefficient (Wildman–Crippen LogP) is 3.24. The maximum absolute atomic E-state index is 13.1. The summed E-state index contributed by atoms with van der Waals surface area (Å²) in [6.07, 6.45) is 6.05. The summed E-state index contributed by atoms with van der Waals surface area (Å²) in [6, 6.07) is 8.57. The SMILES string of the molecule is O=C(N(CCCO)C1CCC1)C1(c2ccc(Br)cc2)CC1. The fourth-order valence-corrected chi connectivity index (χ4v) is 3.45. The number of aliphatic hydroxyl groups is 1. The first-order valence-electron chi connectivity index (χ1n) is 7.85. The third kappa shape index (κ3) is 2.88. The molecule has 0 atom stereocenters. The summed E-state index contributed by atoms with van der Waals surface area (Å²) in [5.41, 5.74) is 0.857. The molecule has 0 heterocycles. The first kappa shape index (κ1) is 15.0. The highest BCUT2D eigenvalue weighted by molar-refractivity contribution is 9.10. The molecule has 0 unspecified atom stereocenters. The molecule has 0 saturated heterocycles. The molecule has 2 aliphatic carbocycles. The Morgan fingerprint density at radius 2 is 1.95 bits per heavy atom. The van der Waals surface area contributed by atoms with Crippen molar-refractivity contribution in [1.82, 2.24) is 4.90 Å². The minimum absolute atomic E-state index is 0.155. The monoisotopic (exact) mass is 351 g/mol. The lowest BCUT2D eigenvalue weighted by Gasteiger charge is -2.39. The van der Waals surface area contributed by atoms with Gasteiger partial charge in [-0.25, -0.2) is 0 Å². The summed E-state index contributed by atoms with van der Waals surface area (Å²) in [6.45, 7) is 0.847. The molecule has 0 radical (unpaired) electrons. The molecule has 21 heavy (non-hydrogen) atoms. The Kier molecular flexibility index (Phi) is 4.36. The molecular formula is C17H22BrNO2. The van der Waals surface area contributed by atoms with Gasteiger partial charge in [-0.05, 0) is 56.2 Å². The van der Waals surface area contributed by atoms with Crippen molar-refractivity contribution < 1.29 is 9.90 Å². The van der Waals surface area contributed by atoms with Crippen molar-refractivity contribution in [3.8, 4) is 0 Å². The second kappa shape index (κ2) is 6.09. The largest absolute Gasteiger partial charge is 0.396 e. The summed E-state index contributed by atoms with van der Waals surface area (Å²) in [4.78, 5) is 15.1. The minimum Gasteiger partial charge on any atom is -0.396 e. The van der Waals surface area contributed by atoms with E-state index >= 15 is 0 Å². The normalized spacial score (nSPS) is 19.9. The number of carbonyl (C=O) groups excluding carboxylic acids is 1. The van der Waals surface area contributed by atoms with Gasteiger partial charge in [-0.2, -0.15) is 0 Å². The molecule has 4 heteroatoms. The number of nitrogens with zero attached hydrogens (tertiary/aromatic N) is 1. The molecule has 1 aromatic rings. The molecule has 1 aromatic carbocycles. The summed E-state index contributed by atoms with van der Waals surface area (Å²) < 4.78 is 1.05. The van der Waals surface area contributed by atoms with Gasteiger partial charge in [0.2, 0.25) is 5.91 Å². The highest BCUT2D eigenvalue weighted by Crippen LogP contribution is 2.50. The predicted molar refractivity (Wildman–Crippen MR) is 86.1 cm³/mol. The number of halogens is 1. The molecule has 114 valence electrons. The van der Waals surface area contributed by atoms with Crippen LogP contribution in [0.25, 0.3) is 0 Å². The molecule has 2 saturated carbocycles. The van der Waals surface area contributed by atoms with Crippen LogP contribution in [0.4, 0.5) is 0 Å². The molecule has 0 spiro atoms. The lowest BCUT2D eigenvalue weighted by molar-refractivity contribution is -0.138. The van der Waals surface area contributed by atoms with Crippen LogP contribution in [0.15, 0.2) is 28.7 Å². The molecule has 1 N–H and O–H groups in total. The summed E-state index contributed by atoms with van der Waals surface area (Å²) in [5.74, 6) is 0.281. The molecule has 2 aliphatic rings. The van der Waals surface area contributed by atoms with Gasteiger partial charge in [0.1, 0.15) is 0 Å². The van der Waals surface area contributed by atoms with Crippen molar-refractivity contribution in [1.29, 1.82) is 0 Å². The van der Waals surface area contributed by atoms with Crippen LogP contribution in [0.2, 0.25) is 0 Å². The Balaban J connectivity index is 1.79. The van der Waals surface area contributed by atoms with Gasteiger partial charge in [0.15, 0.2) is 0 Å². The minimum atomic E-state index is -0.286. The van der Waals surface area contributed by atoms with Crippen LogP contribution in [0.1, 0.15) is 44.1 Å².